The van der Waals surface area contributed by atoms with E-state index in [1.54, 1.807) is 24.3 Å². The molecule has 1 aliphatic carbocycles. The number of hydrogen-bond acceptors (Lipinski definition) is 6. The predicted molar refractivity (Wildman–Crippen MR) is 121 cm³/mol. The second kappa shape index (κ2) is 9.78. The summed E-state index contributed by atoms with van der Waals surface area (Å²) >= 11 is 5.88. The van der Waals surface area contributed by atoms with E-state index >= 15 is 0 Å². The van der Waals surface area contributed by atoms with Crippen molar-refractivity contribution >= 4 is 33.5 Å². The van der Waals surface area contributed by atoms with Crippen molar-refractivity contribution in [2.24, 2.45) is 0 Å². The molecule has 2 aromatic carbocycles. The van der Waals surface area contributed by atoms with E-state index in [2.05, 4.69) is 10.0 Å². The third-order valence-corrected chi connectivity index (χ3v) is 6.67. The molecule has 0 atom stereocenters. The molecule has 0 radical (unpaired) electrons. The molecule has 0 bridgehead atoms. The molecule has 1 saturated carbocycles. The molecule has 1 aliphatic rings. The molecular weight excluding hydrogens is 468 g/mol. The van der Waals surface area contributed by atoms with E-state index in [1.807, 2.05) is 12.1 Å². The van der Waals surface area contributed by atoms with Gasteiger partial charge in [-0.3, -0.25) is 4.79 Å². The van der Waals surface area contributed by atoms with Crippen molar-refractivity contribution in [1.82, 2.24) is 10.0 Å². The zero-order valence-corrected chi connectivity index (χ0v) is 19.0. The Morgan fingerprint density at radius 1 is 1.00 bits per heavy atom. The fraction of sp³-hybridized carbons (Fsp3) is 0.217. The van der Waals surface area contributed by atoms with Gasteiger partial charge in [-0.05, 0) is 73.5 Å². The van der Waals surface area contributed by atoms with Gasteiger partial charge in [-0.1, -0.05) is 11.6 Å². The summed E-state index contributed by atoms with van der Waals surface area (Å²) in [5.41, 5.74) is 1.000. The van der Waals surface area contributed by atoms with Gasteiger partial charge in [0.25, 0.3) is 5.91 Å². The van der Waals surface area contributed by atoms with Gasteiger partial charge in [-0.2, -0.15) is 0 Å². The third kappa shape index (κ3) is 6.22. The molecule has 172 valence electrons. The second-order valence-corrected chi connectivity index (χ2v) is 9.70. The van der Waals surface area contributed by atoms with Gasteiger partial charge in [0.15, 0.2) is 6.61 Å². The van der Waals surface area contributed by atoms with E-state index in [1.165, 1.54) is 24.3 Å². The molecule has 0 aliphatic heterocycles. The highest BCUT2D eigenvalue weighted by atomic mass is 35.5. The van der Waals surface area contributed by atoms with Crippen LogP contribution in [0.5, 0.6) is 0 Å². The van der Waals surface area contributed by atoms with Gasteiger partial charge in [0.2, 0.25) is 10.0 Å². The maximum atomic E-state index is 12.2. The fourth-order valence-corrected chi connectivity index (χ4v) is 4.38. The normalized spacial score (nSPS) is 13.5. The summed E-state index contributed by atoms with van der Waals surface area (Å²) in [4.78, 5) is 24.3. The van der Waals surface area contributed by atoms with Gasteiger partial charge in [0.05, 0.1) is 17.0 Å². The number of nitrogens with one attached hydrogen (secondary N) is 2. The molecule has 2 N–H and O–H groups in total. The van der Waals surface area contributed by atoms with Crippen molar-refractivity contribution in [3.63, 3.8) is 0 Å². The predicted octanol–water partition coefficient (Wildman–Crippen LogP) is 3.51. The van der Waals surface area contributed by atoms with E-state index < -0.39 is 28.5 Å². The lowest BCUT2D eigenvalue weighted by Gasteiger charge is -2.08. The van der Waals surface area contributed by atoms with Crippen molar-refractivity contribution < 1.29 is 27.2 Å². The maximum absolute atomic E-state index is 12.2. The van der Waals surface area contributed by atoms with Crippen LogP contribution in [0.2, 0.25) is 5.02 Å². The van der Waals surface area contributed by atoms with E-state index in [4.69, 9.17) is 20.8 Å². The van der Waals surface area contributed by atoms with Crippen LogP contribution < -0.4 is 10.0 Å². The van der Waals surface area contributed by atoms with Crippen LogP contribution >= 0.6 is 11.6 Å². The molecule has 1 aromatic heterocycles. The third-order valence-electron chi connectivity index (χ3n) is 4.88. The number of rotatable bonds is 9. The summed E-state index contributed by atoms with van der Waals surface area (Å²) in [5, 5.41) is 3.24. The Kier molecular flexibility index (Phi) is 6.83. The van der Waals surface area contributed by atoms with Crippen LogP contribution in [-0.2, 0) is 26.1 Å². The Morgan fingerprint density at radius 2 is 1.70 bits per heavy atom. The zero-order chi connectivity index (χ0) is 23.4. The Hall–Kier alpha value is -3.14. The molecular formula is C23H21ClN2O6S. The Morgan fingerprint density at radius 3 is 2.36 bits per heavy atom. The second-order valence-electron chi connectivity index (χ2n) is 7.55. The van der Waals surface area contributed by atoms with Crippen LogP contribution in [0.1, 0.15) is 29.0 Å². The molecule has 1 heterocycles. The molecule has 1 fully saturated rings. The van der Waals surface area contributed by atoms with Gasteiger partial charge in [-0.15, -0.1) is 0 Å². The Labute approximate surface area is 195 Å². The topological polar surface area (TPSA) is 115 Å². The zero-order valence-electron chi connectivity index (χ0n) is 17.4. The number of esters is 1. The molecule has 0 saturated heterocycles. The summed E-state index contributed by atoms with van der Waals surface area (Å²) in [5.74, 6) is -0.0516. The van der Waals surface area contributed by atoms with E-state index in [9.17, 15) is 18.0 Å². The summed E-state index contributed by atoms with van der Waals surface area (Å²) in [6, 6.07) is 16.0. The lowest BCUT2D eigenvalue weighted by Crippen LogP contribution is -2.28. The molecule has 8 nitrogen and oxygen atoms in total. The van der Waals surface area contributed by atoms with Crippen LogP contribution in [0.3, 0.4) is 0 Å². The average molecular weight is 489 g/mol. The minimum atomic E-state index is -3.60. The Bertz CT molecular complexity index is 1250. The number of amides is 1. The standard InChI is InChI=1S/C23H21ClN2O6S/c24-17-5-1-15(2-6-17)21-12-9-19(32-21)13-25-22(27)14-31-23(28)16-3-10-20(11-4-16)33(29,30)26-18-7-8-18/h1-6,9-12,18,26H,7-8,13-14H2,(H,25,27). The van der Waals surface area contributed by atoms with Crippen molar-refractivity contribution in [1.29, 1.82) is 0 Å². The van der Waals surface area contributed by atoms with Crippen LogP contribution in [-0.4, -0.2) is 32.9 Å². The minimum absolute atomic E-state index is 0.0108. The molecule has 4 rings (SSSR count). The minimum Gasteiger partial charge on any atom is -0.459 e. The monoisotopic (exact) mass is 488 g/mol. The van der Waals surface area contributed by atoms with E-state index in [-0.39, 0.29) is 23.0 Å². The van der Waals surface area contributed by atoms with Gasteiger partial charge in [0.1, 0.15) is 11.5 Å². The van der Waals surface area contributed by atoms with Crippen molar-refractivity contribution in [2.45, 2.75) is 30.3 Å². The average Bonchev–Trinajstić information content (AvgIpc) is 3.48. The number of halogens is 1. The van der Waals surface area contributed by atoms with Crippen molar-refractivity contribution in [3.8, 4) is 11.3 Å². The van der Waals surface area contributed by atoms with Gasteiger partial charge in [-0.25, -0.2) is 17.9 Å². The van der Waals surface area contributed by atoms with Crippen LogP contribution in [0.25, 0.3) is 11.3 Å². The van der Waals surface area contributed by atoms with E-state index in [0.29, 0.717) is 16.5 Å². The number of ether oxygens (including phenoxy) is 1. The van der Waals surface area contributed by atoms with Gasteiger partial charge >= 0.3 is 5.97 Å². The van der Waals surface area contributed by atoms with Gasteiger partial charge in [0, 0.05) is 16.6 Å². The lowest BCUT2D eigenvalue weighted by molar-refractivity contribution is -0.124. The quantitative estimate of drug-likeness (QED) is 0.445. The number of benzene rings is 2. The Balaban J connectivity index is 1.24. The summed E-state index contributed by atoms with van der Waals surface area (Å²) < 4.78 is 37.6. The van der Waals surface area contributed by atoms with Crippen molar-refractivity contribution in [2.75, 3.05) is 6.61 Å². The molecule has 0 spiro atoms. The van der Waals surface area contributed by atoms with Crippen LogP contribution in [0.4, 0.5) is 0 Å². The molecule has 1 amide bonds. The highest BCUT2D eigenvalue weighted by Gasteiger charge is 2.28. The first-order chi connectivity index (χ1) is 15.8. The molecule has 33 heavy (non-hydrogen) atoms. The highest BCUT2D eigenvalue weighted by molar-refractivity contribution is 7.89. The summed E-state index contributed by atoms with van der Waals surface area (Å²) in [7, 11) is -3.60. The SMILES string of the molecule is O=C(COC(=O)c1ccc(S(=O)(=O)NC2CC2)cc1)NCc1ccc(-c2ccc(Cl)cc2)o1. The van der Waals surface area contributed by atoms with Crippen molar-refractivity contribution in [3.05, 3.63) is 77.0 Å². The number of furan rings is 1. The number of carbonyl (C=O) groups excluding carboxylic acids is 2. The van der Waals surface area contributed by atoms with Crippen LogP contribution in [0, 0.1) is 0 Å². The number of carbonyl (C=O) groups is 2. The number of hydrogen-bond donors (Lipinski definition) is 2. The summed E-state index contributed by atoms with van der Waals surface area (Å²) in [6.45, 7) is -0.350. The first kappa shape index (κ1) is 23.0. The first-order valence-corrected chi connectivity index (χ1v) is 12.1. The highest BCUT2D eigenvalue weighted by Crippen LogP contribution is 2.24. The summed E-state index contributed by atoms with van der Waals surface area (Å²) in [6.07, 6.45) is 1.66. The largest absolute Gasteiger partial charge is 0.459 e. The number of sulfonamides is 1. The molecule has 10 heteroatoms. The smallest absolute Gasteiger partial charge is 0.338 e. The van der Waals surface area contributed by atoms with Crippen LogP contribution in [0.15, 0.2) is 70.0 Å². The maximum Gasteiger partial charge on any atom is 0.338 e. The van der Waals surface area contributed by atoms with Gasteiger partial charge < -0.3 is 14.5 Å². The fourth-order valence-electron chi connectivity index (χ4n) is 2.95. The lowest BCUT2D eigenvalue weighted by atomic mass is 10.2. The molecule has 3 aromatic rings. The molecule has 0 unspecified atom stereocenters. The van der Waals surface area contributed by atoms with E-state index in [0.717, 1.165) is 18.4 Å². The first-order valence-electron chi connectivity index (χ1n) is 10.2.